The minimum Gasteiger partial charge on any atom is -0.370 e. The minimum atomic E-state index is -0.0686. The molecule has 2 N–H and O–H groups in total. The molecule has 1 aliphatic rings. The van der Waals surface area contributed by atoms with E-state index in [0.717, 1.165) is 30.0 Å². The fourth-order valence-corrected chi connectivity index (χ4v) is 2.93. The summed E-state index contributed by atoms with van der Waals surface area (Å²) in [6.07, 6.45) is 6.61. The molecule has 0 radical (unpaired) electrons. The lowest BCUT2D eigenvalue weighted by Gasteiger charge is -2.28. The molecule has 0 spiro atoms. The van der Waals surface area contributed by atoms with Gasteiger partial charge in [-0.05, 0) is 24.7 Å². The Labute approximate surface area is 121 Å². The van der Waals surface area contributed by atoms with Crippen LogP contribution in [0.25, 0.3) is 0 Å². The van der Waals surface area contributed by atoms with Gasteiger partial charge in [0.2, 0.25) is 0 Å². The van der Waals surface area contributed by atoms with E-state index in [1.54, 1.807) is 6.07 Å². The van der Waals surface area contributed by atoms with Crippen molar-refractivity contribution in [3.05, 3.63) is 22.2 Å². The van der Waals surface area contributed by atoms with Gasteiger partial charge in [-0.25, -0.2) is 4.98 Å². The summed E-state index contributed by atoms with van der Waals surface area (Å²) in [6.45, 7) is 7.30. The number of H-pyrrole nitrogens is 1. The first kappa shape index (κ1) is 15.1. The van der Waals surface area contributed by atoms with E-state index in [2.05, 4.69) is 22.2 Å². The van der Waals surface area contributed by atoms with Crippen LogP contribution in [-0.4, -0.2) is 16.5 Å². The average Bonchev–Trinajstić information content (AvgIpc) is 2.45. The lowest BCUT2D eigenvalue weighted by molar-refractivity contribution is 0.278. The molecule has 1 heterocycles. The van der Waals surface area contributed by atoms with E-state index >= 15 is 0 Å². The predicted octanol–water partition coefficient (Wildman–Crippen LogP) is 3.52. The third kappa shape index (κ3) is 4.09. The molecular formula is C16H27N3O. The minimum absolute atomic E-state index is 0.0686. The quantitative estimate of drug-likeness (QED) is 0.865. The van der Waals surface area contributed by atoms with Crippen molar-refractivity contribution in [2.75, 3.05) is 11.9 Å². The summed E-state index contributed by atoms with van der Waals surface area (Å²) < 4.78 is 0. The highest BCUT2D eigenvalue weighted by Gasteiger charge is 2.19. The maximum atomic E-state index is 11.6. The van der Waals surface area contributed by atoms with Crippen molar-refractivity contribution >= 4 is 5.82 Å². The molecule has 0 aromatic carbocycles. The van der Waals surface area contributed by atoms with Gasteiger partial charge in [0.1, 0.15) is 11.6 Å². The van der Waals surface area contributed by atoms with Crippen molar-refractivity contribution in [3.8, 4) is 0 Å². The van der Waals surface area contributed by atoms with Gasteiger partial charge in [0.25, 0.3) is 5.56 Å². The van der Waals surface area contributed by atoms with Crippen molar-refractivity contribution in [1.82, 2.24) is 9.97 Å². The third-order valence-corrected chi connectivity index (χ3v) is 4.42. The van der Waals surface area contributed by atoms with Crippen molar-refractivity contribution in [1.29, 1.82) is 0 Å². The molecule has 1 aliphatic carbocycles. The Kier molecular flexibility index (Phi) is 5.21. The number of hydrogen-bond donors (Lipinski definition) is 2. The SMILES string of the molecule is CCC1CCC(CNc2cc(=O)[nH]c(C(C)C)n2)CC1. The fraction of sp³-hybridized carbons (Fsp3) is 0.750. The van der Waals surface area contributed by atoms with E-state index in [0.29, 0.717) is 0 Å². The highest BCUT2D eigenvalue weighted by atomic mass is 16.1. The van der Waals surface area contributed by atoms with Gasteiger partial charge in [-0.3, -0.25) is 4.79 Å². The summed E-state index contributed by atoms with van der Waals surface area (Å²) in [4.78, 5) is 18.9. The van der Waals surface area contributed by atoms with Crippen LogP contribution < -0.4 is 10.9 Å². The van der Waals surface area contributed by atoms with Crippen LogP contribution in [0.4, 0.5) is 5.82 Å². The van der Waals surface area contributed by atoms with Gasteiger partial charge in [-0.15, -0.1) is 0 Å². The molecule has 1 fully saturated rings. The Balaban J connectivity index is 1.89. The Hall–Kier alpha value is -1.32. The average molecular weight is 277 g/mol. The molecule has 20 heavy (non-hydrogen) atoms. The molecule has 0 saturated heterocycles. The van der Waals surface area contributed by atoms with Crippen LogP contribution in [-0.2, 0) is 0 Å². The van der Waals surface area contributed by atoms with E-state index in [1.165, 1.54) is 32.1 Å². The largest absolute Gasteiger partial charge is 0.370 e. The number of anilines is 1. The van der Waals surface area contributed by atoms with Crippen LogP contribution in [0.1, 0.15) is 64.6 Å². The fourth-order valence-electron chi connectivity index (χ4n) is 2.93. The van der Waals surface area contributed by atoms with Gasteiger partial charge < -0.3 is 10.3 Å². The summed E-state index contributed by atoms with van der Waals surface area (Å²) in [5, 5.41) is 3.35. The molecule has 4 nitrogen and oxygen atoms in total. The van der Waals surface area contributed by atoms with Crippen molar-refractivity contribution < 1.29 is 0 Å². The lowest BCUT2D eigenvalue weighted by atomic mass is 9.81. The molecule has 0 amide bonds. The van der Waals surface area contributed by atoms with Gasteiger partial charge in [0.05, 0.1) is 0 Å². The second-order valence-corrected chi connectivity index (χ2v) is 6.35. The van der Waals surface area contributed by atoms with Gasteiger partial charge in [0.15, 0.2) is 0 Å². The second kappa shape index (κ2) is 6.91. The molecular weight excluding hydrogens is 250 g/mol. The van der Waals surface area contributed by atoms with Crippen LogP contribution >= 0.6 is 0 Å². The van der Waals surface area contributed by atoms with Crippen molar-refractivity contribution in [2.45, 2.75) is 58.8 Å². The van der Waals surface area contributed by atoms with E-state index in [1.807, 2.05) is 13.8 Å². The number of hydrogen-bond acceptors (Lipinski definition) is 3. The van der Waals surface area contributed by atoms with Crippen LogP contribution in [0.5, 0.6) is 0 Å². The molecule has 1 aromatic rings. The first-order valence-electron chi connectivity index (χ1n) is 7.93. The smallest absolute Gasteiger partial charge is 0.252 e. The summed E-state index contributed by atoms with van der Waals surface area (Å²) >= 11 is 0. The first-order chi connectivity index (χ1) is 9.58. The standard InChI is InChI=1S/C16H27N3O/c1-4-12-5-7-13(8-6-12)10-17-14-9-15(20)19-16(18-14)11(2)3/h9,11-13H,4-8,10H2,1-3H3,(H2,17,18,19,20). The predicted molar refractivity (Wildman–Crippen MR) is 83.2 cm³/mol. The number of aromatic nitrogens is 2. The van der Waals surface area contributed by atoms with Crippen LogP contribution in [0.3, 0.4) is 0 Å². The molecule has 0 atom stereocenters. The zero-order valence-electron chi connectivity index (χ0n) is 12.9. The molecule has 0 bridgehead atoms. The molecule has 1 aromatic heterocycles. The highest BCUT2D eigenvalue weighted by Crippen LogP contribution is 2.30. The van der Waals surface area contributed by atoms with E-state index in [-0.39, 0.29) is 11.5 Å². The van der Waals surface area contributed by atoms with Crippen molar-refractivity contribution in [2.24, 2.45) is 11.8 Å². The van der Waals surface area contributed by atoms with Gasteiger partial charge in [-0.1, -0.05) is 40.0 Å². The van der Waals surface area contributed by atoms with Crippen LogP contribution in [0, 0.1) is 11.8 Å². The Morgan fingerprint density at radius 3 is 2.55 bits per heavy atom. The number of rotatable bonds is 5. The summed E-state index contributed by atoms with van der Waals surface area (Å²) in [5.41, 5.74) is -0.0686. The number of aromatic amines is 1. The Bertz CT molecular complexity index is 473. The van der Waals surface area contributed by atoms with E-state index < -0.39 is 0 Å². The summed E-state index contributed by atoms with van der Waals surface area (Å²) in [7, 11) is 0. The molecule has 4 heteroatoms. The van der Waals surface area contributed by atoms with E-state index in [4.69, 9.17) is 0 Å². The topological polar surface area (TPSA) is 57.8 Å². The van der Waals surface area contributed by atoms with Crippen molar-refractivity contribution in [3.63, 3.8) is 0 Å². The monoisotopic (exact) mass is 277 g/mol. The molecule has 1 saturated carbocycles. The van der Waals surface area contributed by atoms with Crippen LogP contribution in [0.2, 0.25) is 0 Å². The number of nitrogens with one attached hydrogen (secondary N) is 2. The van der Waals surface area contributed by atoms with Crippen LogP contribution in [0.15, 0.2) is 10.9 Å². The third-order valence-electron chi connectivity index (χ3n) is 4.42. The molecule has 0 aliphatic heterocycles. The maximum absolute atomic E-state index is 11.6. The van der Waals surface area contributed by atoms with Gasteiger partial charge in [0, 0.05) is 18.5 Å². The highest BCUT2D eigenvalue weighted by molar-refractivity contribution is 5.33. The lowest BCUT2D eigenvalue weighted by Crippen LogP contribution is -2.22. The molecule has 0 unspecified atom stereocenters. The maximum Gasteiger partial charge on any atom is 0.252 e. The Morgan fingerprint density at radius 1 is 1.30 bits per heavy atom. The number of nitrogens with zero attached hydrogens (tertiary/aromatic N) is 1. The Morgan fingerprint density at radius 2 is 1.95 bits per heavy atom. The molecule has 2 rings (SSSR count). The second-order valence-electron chi connectivity index (χ2n) is 6.35. The van der Waals surface area contributed by atoms with Gasteiger partial charge >= 0.3 is 0 Å². The first-order valence-corrected chi connectivity index (χ1v) is 7.93. The normalized spacial score (nSPS) is 23.0. The zero-order valence-corrected chi connectivity index (χ0v) is 12.9. The summed E-state index contributed by atoms with van der Waals surface area (Å²) in [5.74, 6) is 3.37. The zero-order chi connectivity index (χ0) is 14.5. The summed E-state index contributed by atoms with van der Waals surface area (Å²) in [6, 6.07) is 1.56. The van der Waals surface area contributed by atoms with E-state index in [9.17, 15) is 4.79 Å². The van der Waals surface area contributed by atoms with Gasteiger partial charge in [-0.2, -0.15) is 0 Å². The molecule has 112 valence electrons.